The van der Waals surface area contributed by atoms with Gasteiger partial charge in [0, 0.05) is 35.0 Å². The van der Waals surface area contributed by atoms with Gasteiger partial charge in [0.15, 0.2) is 0 Å². The van der Waals surface area contributed by atoms with E-state index in [0.717, 1.165) is 31.5 Å². The van der Waals surface area contributed by atoms with Crippen LogP contribution >= 0.6 is 11.3 Å². The lowest BCUT2D eigenvalue weighted by Gasteiger charge is -2.58. The maximum Gasteiger partial charge on any atom is 0.251 e. The molecule has 1 aromatic heterocycles. The van der Waals surface area contributed by atoms with Crippen molar-refractivity contribution in [3.63, 3.8) is 0 Å². The van der Waals surface area contributed by atoms with Crippen LogP contribution in [0.5, 0.6) is 0 Å². The number of carbonyl (C=O) groups is 2. The molecule has 5 heteroatoms. The van der Waals surface area contributed by atoms with E-state index in [1.807, 2.05) is 40.6 Å². The Morgan fingerprint density at radius 3 is 2.52 bits per heavy atom. The molecule has 2 aliphatic rings. The van der Waals surface area contributed by atoms with Gasteiger partial charge in [-0.2, -0.15) is 0 Å². The summed E-state index contributed by atoms with van der Waals surface area (Å²) < 4.78 is 0. The van der Waals surface area contributed by atoms with Crippen LogP contribution in [0.15, 0.2) is 54.4 Å². The number of carbonyl (C=O) groups excluding carboxylic acids is 2. The number of thiophene rings is 1. The molecule has 1 aromatic carbocycles. The van der Waals surface area contributed by atoms with Gasteiger partial charge >= 0.3 is 0 Å². The molecule has 0 atom stereocenters. The van der Waals surface area contributed by atoms with E-state index in [-0.39, 0.29) is 23.3 Å². The number of likely N-dealkylation sites (tertiary alicyclic amines) is 1. The third-order valence-electron chi connectivity index (χ3n) is 5.19. The van der Waals surface area contributed by atoms with Crippen LogP contribution in [-0.2, 0) is 4.79 Å². The summed E-state index contributed by atoms with van der Waals surface area (Å²) in [5.74, 6) is -0.0140. The molecule has 1 N–H and O–H groups in total. The molecule has 1 saturated heterocycles. The van der Waals surface area contributed by atoms with Crippen molar-refractivity contribution in [2.24, 2.45) is 5.41 Å². The first-order chi connectivity index (χ1) is 12.1. The molecule has 1 spiro atoms. The van der Waals surface area contributed by atoms with E-state index < -0.39 is 0 Å². The minimum absolute atomic E-state index is 0.00365. The molecule has 25 heavy (non-hydrogen) atoms. The van der Waals surface area contributed by atoms with E-state index in [4.69, 9.17) is 0 Å². The van der Waals surface area contributed by atoms with Crippen molar-refractivity contribution in [3.8, 4) is 10.4 Å². The number of hydrogen-bond donors (Lipinski definition) is 1. The number of rotatable bonds is 4. The fraction of sp³-hybridized carbons (Fsp3) is 0.300. The quantitative estimate of drug-likeness (QED) is 0.858. The molecule has 2 amide bonds. The lowest BCUT2D eigenvalue weighted by Crippen LogP contribution is -2.67. The highest BCUT2D eigenvalue weighted by Crippen LogP contribution is 2.48. The highest BCUT2D eigenvalue weighted by atomic mass is 32.1. The molecule has 2 aromatic rings. The first-order valence-electron chi connectivity index (χ1n) is 8.45. The predicted molar refractivity (Wildman–Crippen MR) is 99.5 cm³/mol. The van der Waals surface area contributed by atoms with Crippen LogP contribution in [0.1, 0.15) is 23.2 Å². The maximum absolute atomic E-state index is 12.4. The zero-order valence-corrected chi connectivity index (χ0v) is 14.7. The van der Waals surface area contributed by atoms with E-state index in [2.05, 4.69) is 18.0 Å². The molecule has 0 radical (unpaired) electrons. The summed E-state index contributed by atoms with van der Waals surface area (Å²) in [6.45, 7) is 5.10. The molecule has 0 bridgehead atoms. The van der Waals surface area contributed by atoms with Gasteiger partial charge in [-0.05, 0) is 48.1 Å². The van der Waals surface area contributed by atoms with Crippen molar-refractivity contribution in [2.45, 2.75) is 18.9 Å². The molecule has 2 fully saturated rings. The summed E-state index contributed by atoms with van der Waals surface area (Å²) in [7, 11) is 0. The Hall–Kier alpha value is -2.40. The topological polar surface area (TPSA) is 49.4 Å². The van der Waals surface area contributed by atoms with Gasteiger partial charge in [0.1, 0.15) is 0 Å². The molecule has 0 unspecified atom stereocenters. The number of amides is 2. The van der Waals surface area contributed by atoms with Crippen LogP contribution < -0.4 is 5.32 Å². The summed E-state index contributed by atoms with van der Waals surface area (Å²) in [5.41, 5.74) is 2.05. The van der Waals surface area contributed by atoms with Crippen LogP contribution in [0.3, 0.4) is 0 Å². The Labute approximate surface area is 151 Å². The predicted octanol–water partition coefficient (Wildman–Crippen LogP) is 3.32. The van der Waals surface area contributed by atoms with Crippen molar-refractivity contribution in [1.82, 2.24) is 10.2 Å². The minimum atomic E-state index is -0.0177. The maximum atomic E-state index is 12.4. The second-order valence-electron chi connectivity index (χ2n) is 7.03. The van der Waals surface area contributed by atoms with Gasteiger partial charge < -0.3 is 10.2 Å². The Bertz CT molecular complexity index is 797. The van der Waals surface area contributed by atoms with Gasteiger partial charge in [-0.3, -0.25) is 9.59 Å². The molecular weight excluding hydrogens is 332 g/mol. The zero-order valence-electron chi connectivity index (χ0n) is 13.9. The van der Waals surface area contributed by atoms with Crippen LogP contribution in [0.25, 0.3) is 10.4 Å². The highest BCUT2D eigenvalue weighted by Gasteiger charge is 2.53. The lowest BCUT2D eigenvalue weighted by molar-refractivity contribution is -0.146. The van der Waals surface area contributed by atoms with Gasteiger partial charge in [0.25, 0.3) is 5.91 Å². The van der Waals surface area contributed by atoms with E-state index in [0.29, 0.717) is 5.56 Å². The largest absolute Gasteiger partial charge is 0.349 e. The summed E-state index contributed by atoms with van der Waals surface area (Å²) >= 11 is 1.69. The highest BCUT2D eigenvalue weighted by molar-refractivity contribution is 7.13. The van der Waals surface area contributed by atoms with Crippen molar-refractivity contribution < 1.29 is 9.59 Å². The average Bonchev–Trinajstić information content (AvgIpc) is 3.09. The summed E-state index contributed by atoms with van der Waals surface area (Å²) in [6, 6.07) is 12.1. The fourth-order valence-corrected chi connectivity index (χ4v) is 4.62. The summed E-state index contributed by atoms with van der Waals surface area (Å²) in [5, 5.41) is 5.16. The standard InChI is InChI=1S/C20H20N2O2S/c1-2-18(23)22-12-20(13-22)10-16(11-20)21-19(24)15-7-5-14(6-8-15)17-4-3-9-25-17/h2-9,16H,1,10-13H2,(H,21,24). The van der Waals surface area contributed by atoms with Gasteiger partial charge in [-0.15, -0.1) is 11.3 Å². The first kappa shape index (κ1) is 16.1. The van der Waals surface area contributed by atoms with Crippen LogP contribution in [-0.4, -0.2) is 35.8 Å². The van der Waals surface area contributed by atoms with Crippen LogP contribution in [0.2, 0.25) is 0 Å². The van der Waals surface area contributed by atoms with Crippen molar-refractivity contribution in [2.75, 3.05) is 13.1 Å². The van der Waals surface area contributed by atoms with E-state index in [1.54, 1.807) is 11.3 Å². The molecule has 1 aliphatic carbocycles. The molecule has 128 valence electrons. The third-order valence-corrected chi connectivity index (χ3v) is 6.10. The molecule has 4 nitrogen and oxygen atoms in total. The zero-order chi connectivity index (χ0) is 17.4. The van der Waals surface area contributed by atoms with E-state index in [9.17, 15) is 9.59 Å². The average molecular weight is 352 g/mol. The SMILES string of the molecule is C=CC(=O)N1CC2(CC(NC(=O)c3ccc(-c4cccs4)cc3)C2)C1. The molecular formula is C20H20N2O2S. The smallest absolute Gasteiger partial charge is 0.251 e. The Balaban J connectivity index is 1.29. The third kappa shape index (κ3) is 3.00. The number of nitrogens with zero attached hydrogens (tertiary/aromatic N) is 1. The summed E-state index contributed by atoms with van der Waals surface area (Å²) in [6.07, 6.45) is 3.27. The summed E-state index contributed by atoms with van der Waals surface area (Å²) in [4.78, 5) is 26.9. The Kier molecular flexibility index (Phi) is 3.96. The van der Waals surface area contributed by atoms with E-state index in [1.165, 1.54) is 11.0 Å². The number of hydrogen-bond acceptors (Lipinski definition) is 3. The molecule has 4 rings (SSSR count). The van der Waals surface area contributed by atoms with Gasteiger partial charge in [-0.25, -0.2) is 0 Å². The normalized spacial score (nSPS) is 18.3. The monoisotopic (exact) mass is 352 g/mol. The van der Waals surface area contributed by atoms with Gasteiger partial charge in [-0.1, -0.05) is 24.8 Å². The van der Waals surface area contributed by atoms with Crippen molar-refractivity contribution in [3.05, 3.63) is 60.0 Å². The second kappa shape index (κ2) is 6.15. The first-order valence-corrected chi connectivity index (χ1v) is 9.33. The van der Waals surface area contributed by atoms with Crippen LogP contribution in [0, 0.1) is 5.41 Å². The van der Waals surface area contributed by atoms with Crippen molar-refractivity contribution in [1.29, 1.82) is 0 Å². The number of benzene rings is 1. The molecule has 1 saturated carbocycles. The second-order valence-corrected chi connectivity index (χ2v) is 7.98. The molecule has 2 heterocycles. The minimum Gasteiger partial charge on any atom is -0.349 e. The van der Waals surface area contributed by atoms with Gasteiger partial charge in [0.05, 0.1) is 0 Å². The van der Waals surface area contributed by atoms with Gasteiger partial charge in [0.2, 0.25) is 5.91 Å². The van der Waals surface area contributed by atoms with Crippen LogP contribution in [0.4, 0.5) is 0 Å². The Morgan fingerprint density at radius 1 is 1.20 bits per heavy atom. The molecule has 1 aliphatic heterocycles. The number of nitrogens with one attached hydrogen (secondary N) is 1. The fourth-order valence-electron chi connectivity index (χ4n) is 3.89. The Morgan fingerprint density at radius 2 is 1.92 bits per heavy atom. The van der Waals surface area contributed by atoms with Crippen molar-refractivity contribution >= 4 is 23.2 Å². The lowest BCUT2D eigenvalue weighted by atomic mass is 9.60. The van der Waals surface area contributed by atoms with E-state index >= 15 is 0 Å².